The summed E-state index contributed by atoms with van der Waals surface area (Å²) in [5, 5.41) is 20.7. The summed E-state index contributed by atoms with van der Waals surface area (Å²) < 4.78 is 5.16. The highest BCUT2D eigenvalue weighted by Gasteiger charge is 2.69. The van der Waals surface area contributed by atoms with Gasteiger partial charge in [-0.15, -0.1) is 0 Å². The van der Waals surface area contributed by atoms with E-state index < -0.39 is 11.6 Å². The second-order valence-corrected chi connectivity index (χ2v) is 7.87. The van der Waals surface area contributed by atoms with Crippen molar-refractivity contribution in [3.05, 3.63) is 11.1 Å². The predicted molar refractivity (Wildman–Crippen MR) is 78.8 cm³/mol. The fourth-order valence-corrected chi connectivity index (χ4v) is 5.88. The van der Waals surface area contributed by atoms with Crippen LogP contribution in [-0.4, -0.2) is 35.5 Å². The Balaban J connectivity index is 2.23. The van der Waals surface area contributed by atoms with Gasteiger partial charge < -0.3 is 14.9 Å². The molecule has 0 aromatic rings. The van der Waals surface area contributed by atoms with Crippen LogP contribution in [0.4, 0.5) is 0 Å². The quantitative estimate of drug-likeness (QED) is 0.839. The minimum atomic E-state index is -1.34. The first-order valence-electron chi connectivity index (χ1n) is 7.89. The van der Waals surface area contributed by atoms with E-state index in [1.54, 1.807) is 0 Å². The highest BCUT2D eigenvalue weighted by Crippen LogP contribution is 2.74. The van der Waals surface area contributed by atoms with Crippen molar-refractivity contribution in [3.63, 3.8) is 0 Å². The molecule has 0 radical (unpaired) electrons. The number of allylic oxidation sites excluding steroid dienone is 1. The first-order valence-corrected chi connectivity index (χ1v) is 7.89. The molecular weight excluding hydrogens is 268 g/mol. The Kier molecular flexibility index (Phi) is 3.10. The Morgan fingerprint density at radius 2 is 2.05 bits per heavy atom. The van der Waals surface area contributed by atoms with E-state index in [1.165, 1.54) is 7.11 Å². The molecule has 3 rings (SSSR count). The molecule has 118 valence electrons. The van der Waals surface area contributed by atoms with Crippen molar-refractivity contribution >= 4 is 5.97 Å². The Morgan fingerprint density at radius 3 is 2.62 bits per heavy atom. The molecule has 21 heavy (non-hydrogen) atoms. The lowest BCUT2D eigenvalue weighted by Gasteiger charge is -2.52. The summed E-state index contributed by atoms with van der Waals surface area (Å²) in [7, 11) is 1.52. The maximum Gasteiger partial charge on any atom is 0.334 e. The van der Waals surface area contributed by atoms with E-state index in [2.05, 4.69) is 20.8 Å². The fraction of sp³-hybridized carbons (Fsp3) is 0.824. The van der Waals surface area contributed by atoms with Gasteiger partial charge in [-0.05, 0) is 48.5 Å². The Bertz CT molecular complexity index is 521. The van der Waals surface area contributed by atoms with E-state index in [0.29, 0.717) is 18.3 Å². The van der Waals surface area contributed by atoms with Gasteiger partial charge in [0, 0.05) is 12.5 Å². The Labute approximate surface area is 126 Å². The third kappa shape index (κ3) is 1.61. The van der Waals surface area contributed by atoms with Gasteiger partial charge in [0.2, 0.25) is 0 Å². The second-order valence-electron chi connectivity index (χ2n) is 7.87. The van der Waals surface area contributed by atoms with Crippen LogP contribution in [0, 0.1) is 22.7 Å². The van der Waals surface area contributed by atoms with Crippen molar-refractivity contribution in [2.75, 3.05) is 13.7 Å². The van der Waals surface area contributed by atoms with Crippen LogP contribution in [0.15, 0.2) is 11.1 Å². The van der Waals surface area contributed by atoms with Crippen molar-refractivity contribution in [2.24, 2.45) is 22.7 Å². The molecule has 0 aliphatic heterocycles. The molecule has 4 atom stereocenters. The van der Waals surface area contributed by atoms with Crippen molar-refractivity contribution in [1.82, 2.24) is 0 Å². The van der Waals surface area contributed by atoms with Gasteiger partial charge in [0.25, 0.3) is 0 Å². The van der Waals surface area contributed by atoms with Gasteiger partial charge >= 0.3 is 5.97 Å². The largest absolute Gasteiger partial charge is 0.478 e. The Hall–Kier alpha value is -0.870. The van der Waals surface area contributed by atoms with E-state index in [-0.39, 0.29) is 23.0 Å². The zero-order valence-corrected chi connectivity index (χ0v) is 13.4. The molecule has 2 saturated carbocycles. The molecule has 3 aliphatic carbocycles. The number of carboxylic acid groups (broad SMARTS) is 1. The number of aliphatic carboxylic acids is 1. The number of aliphatic hydroxyl groups is 1. The van der Waals surface area contributed by atoms with Crippen LogP contribution >= 0.6 is 0 Å². The smallest absolute Gasteiger partial charge is 0.334 e. The third-order valence-corrected chi connectivity index (χ3v) is 6.88. The van der Waals surface area contributed by atoms with E-state index >= 15 is 0 Å². The van der Waals surface area contributed by atoms with Gasteiger partial charge in [0.15, 0.2) is 0 Å². The lowest BCUT2D eigenvalue weighted by atomic mass is 9.52. The molecule has 2 bridgehead atoms. The van der Waals surface area contributed by atoms with E-state index in [0.717, 1.165) is 24.8 Å². The van der Waals surface area contributed by atoms with E-state index in [1.807, 2.05) is 0 Å². The zero-order chi connectivity index (χ0) is 15.6. The summed E-state index contributed by atoms with van der Waals surface area (Å²) in [4.78, 5) is 11.9. The summed E-state index contributed by atoms with van der Waals surface area (Å²) in [6.45, 7) is 6.81. The summed E-state index contributed by atoms with van der Waals surface area (Å²) in [5.74, 6) is -0.0383. The van der Waals surface area contributed by atoms with Crippen LogP contribution in [0.2, 0.25) is 0 Å². The molecule has 4 unspecified atom stereocenters. The lowest BCUT2D eigenvalue weighted by molar-refractivity contribution is -0.137. The van der Waals surface area contributed by atoms with E-state index in [4.69, 9.17) is 4.74 Å². The van der Waals surface area contributed by atoms with Crippen LogP contribution in [0.25, 0.3) is 0 Å². The number of carbonyl (C=O) groups is 1. The maximum absolute atomic E-state index is 11.9. The predicted octanol–water partition coefficient (Wildman–Crippen LogP) is 2.61. The van der Waals surface area contributed by atoms with Gasteiger partial charge in [-0.1, -0.05) is 20.8 Å². The van der Waals surface area contributed by atoms with Crippen molar-refractivity contribution in [2.45, 2.75) is 52.1 Å². The number of ether oxygens (including phenoxy) is 1. The molecule has 1 spiro atoms. The molecule has 2 fully saturated rings. The van der Waals surface area contributed by atoms with Crippen molar-refractivity contribution < 1.29 is 19.7 Å². The monoisotopic (exact) mass is 294 g/mol. The van der Waals surface area contributed by atoms with Crippen LogP contribution in [-0.2, 0) is 9.53 Å². The number of hydrogen-bond donors (Lipinski definition) is 2. The molecule has 2 N–H and O–H groups in total. The number of rotatable bonds is 3. The van der Waals surface area contributed by atoms with Crippen molar-refractivity contribution in [3.8, 4) is 0 Å². The van der Waals surface area contributed by atoms with Crippen molar-refractivity contribution in [1.29, 1.82) is 0 Å². The first-order chi connectivity index (χ1) is 9.70. The zero-order valence-electron chi connectivity index (χ0n) is 13.4. The SMILES string of the molecule is COCC1(O)CC23C(=C1C(=O)O)CC(CCC2C)C3(C)C. The van der Waals surface area contributed by atoms with Crippen LogP contribution < -0.4 is 0 Å². The lowest BCUT2D eigenvalue weighted by Crippen LogP contribution is -2.48. The number of methoxy groups -OCH3 is 1. The molecule has 0 aromatic heterocycles. The van der Waals surface area contributed by atoms with Gasteiger partial charge in [-0.3, -0.25) is 0 Å². The number of carboxylic acids is 1. The molecule has 4 nitrogen and oxygen atoms in total. The molecule has 0 amide bonds. The third-order valence-electron chi connectivity index (χ3n) is 6.88. The van der Waals surface area contributed by atoms with E-state index in [9.17, 15) is 15.0 Å². The minimum absolute atomic E-state index is 0.0406. The summed E-state index contributed by atoms with van der Waals surface area (Å²) >= 11 is 0. The van der Waals surface area contributed by atoms with Crippen LogP contribution in [0.5, 0.6) is 0 Å². The molecule has 0 heterocycles. The Morgan fingerprint density at radius 1 is 1.38 bits per heavy atom. The maximum atomic E-state index is 11.9. The highest BCUT2D eigenvalue weighted by atomic mass is 16.5. The molecule has 0 aromatic carbocycles. The average molecular weight is 294 g/mol. The minimum Gasteiger partial charge on any atom is -0.478 e. The van der Waals surface area contributed by atoms with Gasteiger partial charge in [-0.2, -0.15) is 0 Å². The van der Waals surface area contributed by atoms with Gasteiger partial charge in [0.1, 0.15) is 5.60 Å². The fourth-order valence-electron chi connectivity index (χ4n) is 5.88. The topological polar surface area (TPSA) is 66.8 Å². The number of fused-ring (bicyclic) bond motifs is 1. The molecule has 3 aliphatic rings. The normalized spacial score (nSPS) is 44.0. The van der Waals surface area contributed by atoms with Gasteiger partial charge in [-0.25, -0.2) is 4.79 Å². The number of hydrogen-bond acceptors (Lipinski definition) is 3. The van der Waals surface area contributed by atoms with Crippen LogP contribution in [0.3, 0.4) is 0 Å². The average Bonchev–Trinajstić information content (AvgIpc) is 2.67. The highest BCUT2D eigenvalue weighted by molar-refractivity contribution is 5.91. The van der Waals surface area contributed by atoms with Gasteiger partial charge in [0.05, 0.1) is 12.2 Å². The molecule has 0 saturated heterocycles. The van der Waals surface area contributed by atoms with Crippen LogP contribution in [0.1, 0.15) is 46.5 Å². The summed E-state index contributed by atoms with van der Waals surface area (Å²) in [6.07, 6.45) is 3.60. The first kappa shape index (κ1) is 15.0. The summed E-state index contributed by atoms with van der Waals surface area (Å²) in [6, 6.07) is 0. The summed E-state index contributed by atoms with van der Waals surface area (Å²) in [5.41, 5.74) is -0.247. The standard InChI is InChI=1S/C17H26O4/c1-10-5-6-11-7-12-13(14(18)19)16(20,9-21-4)8-17(10,12)15(11,2)3/h10-11,20H,5-9H2,1-4H3,(H,18,19). The second kappa shape index (κ2) is 4.32. The molecule has 4 heteroatoms. The molecular formula is C17H26O4.